The standard InChI is InChI=1S/C50H82O15/c1-3-5-7-9-11-13-15-16-17-18-19-20-21-22-23-25-27-29-31-33-42(53)63-38(35-60-41(52)32-30-28-26-24-14-12-10-8-6-4-2)36-61-49-48(59)46(57)44(55)40(65-49)37-62-50-47(58)45(56)43(54)39(34-51)64-50/h5,7-8,10-11,13,16-17,19-20,22-23,38-40,43-51,54-59H,3-4,6,9,12,14-15,18,21,24-37H2,1-2H3/b7-5-,10-8-,13-11-,17-16-,20-19-,23-22-. The molecule has 372 valence electrons. The summed E-state index contributed by atoms with van der Waals surface area (Å²) in [5.41, 5.74) is 0. The van der Waals surface area contributed by atoms with E-state index in [0.29, 0.717) is 12.8 Å². The highest BCUT2D eigenvalue weighted by molar-refractivity contribution is 5.70. The Labute approximate surface area is 387 Å². The van der Waals surface area contributed by atoms with Gasteiger partial charge in [0.25, 0.3) is 0 Å². The van der Waals surface area contributed by atoms with Gasteiger partial charge in [0.1, 0.15) is 55.4 Å². The van der Waals surface area contributed by atoms with Crippen LogP contribution in [0.1, 0.15) is 136 Å². The van der Waals surface area contributed by atoms with Gasteiger partial charge >= 0.3 is 11.9 Å². The molecule has 2 aliphatic rings. The Balaban J connectivity index is 1.84. The van der Waals surface area contributed by atoms with Crippen molar-refractivity contribution in [3.8, 4) is 0 Å². The highest BCUT2D eigenvalue weighted by Gasteiger charge is 2.47. The van der Waals surface area contributed by atoms with Gasteiger partial charge in [-0.1, -0.05) is 119 Å². The van der Waals surface area contributed by atoms with E-state index in [1.54, 1.807) is 0 Å². The van der Waals surface area contributed by atoms with Crippen LogP contribution in [0.25, 0.3) is 0 Å². The Morgan fingerprint density at radius 3 is 1.55 bits per heavy atom. The van der Waals surface area contributed by atoms with Gasteiger partial charge in [0, 0.05) is 12.8 Å². The van der Waals surface area contributed by atoms with Gasteiger partial charge in [-0.2, -0.15) is 0 Å². The maximum absolute atomic E-state index is 13.0. The summed E-state index contributed by atoms with van der Waals surface area (Å²) in [6.07, 6.45) is 25.2. The average Bonchev–Trinajstić information content (AvgIpc) is 3.30. The second kappa shape index (κ2) is 37.0. The third kappa shape index (κ3) is 25.6. The lowest BCUT2D eigenvalue weighted by molar-refractivity contribution is -0.332. The summed E-state index contributed by atoms with van der Waals surface area (Å²) in [5, 5.41) is 71.9. The van der Waals surface area contributed by atoms with Crippen molar-refractivity contribution in [2.75, 3.05) is 26.4 Å². The van der Waals surface area contributed by atoms with Crippen molar-refractivity contribution in [3.05, 3.63) is 72.9 Å². The van der Waals surface area contributed by atoms with E-state index < -0.39 is 99.3 Å². The number of esters is 2. The molecule has 65 heavy (non-hydrogen) atoms. The van der Waals surface area contributed by atoms with Crippen LogP contribution in [0.2, 0.25) is 0 Å². The first-order valence-corrected chi connectivity index (χ1v) is 24.0. The first-order chi connectivity index (χ1) is 31.5. The van der Waals surface area contributed by atoms with Crippen LogP contribution in [0.4, 0.5) is 0 Å². The van der Waals surface area contributed by atoms with Crippen molar-refractivity contribution in [2.45, 2.75) is 203 Å². The first-order valence-electron chi connectivity index (χ1n) is 24.0. The van der Waals surface area contributed by atoms with Crippen molar-refractivity contribution in [1.29, 1.82) is 0 Å². The zero-order valence-electron chi connectivity index (χ0n) is 38.9. The fourth-order valence-electron chi connectivity index (χ4n) is 6.95. The van der Waals surface area contributed by atoms with Crippen molar-refractivity contribution in [2.24, 2.45) is 0 Å². The van der Waals surface area contributed by atoms with E-state index in [4.69, 9.17) is 28.4 Å². The number of carbonyl (C=O) groups excluding carboxylic acids is 2. The van der Waals surface area contributed by atoms with Crippen LogP contribution in [0.15, 0.2) is 72.9 Å². The lowest BCUT2D eigenvalue weighted by Gasteiger charge is -2.42. The van der Waals surface area contributed by atoms with Gasteiger partial charge in [0.2, 0.25) is 0 Å². The Morgan fingerprint density at radius 1 is 0.508 bits per heavy atom. The minimum absolute atomic E-state index is 0.120. The molecule has 0 saturated carbocycles. The van der Waals surface area contributed by atoms with Crippen LogP contribution < -0.4 is 0 Å². The molecule has 0 aromatic rings. The third-order valence-corrected chi connectivity index (χ3v) is 10.9. The number of ether oxygens (including phenoxy) is 6. The number of allylic oxidation sites excluding steroid dienone is 12. The predicted molar refractivity (Wildman–Crippen MR) is 247 cm³/mol. The summed E-state index contributed by atoms with van der Waals surface area (Å²) in [7, 11) is 0. The summed E-state index contributed by atoms with van der Waals surface area (Å²) in [5.74, 6) is -0.984. The lowest BCUT2D eigenvalue weighted by Crippen LogP contribution is -2.61. The number of aliphatic hydroxyl groups excluding tert-OH is 7. The third-order valence-electron chi connectivity index (χ3n) is 10.9. The Kier molecular flexibility index (Phi) is 33.0. The second-order valence-electron chi connectivity index (χ2n) is 16.5. The summed E-state index contributed by atoms with van der Waals surface area (Å²) in [4.78, 5) is 25.6. The van der Waals surface area contributed by atoms with Crippen molar-refractivity contribution in [3.63, 3.8) is 0 Å². The van der Waals surface area contributed by atoms with E-state index in [1.807, 2.05) is 0 Å². The Bertz CT molecular complexity index is 1410. The molecule has 15 nitrogen and oxygen atoms in total. The van der Waals surface area contributed by atoms with Crippen LogP contribution in [-0.4, -0.2) is 142 Å². The van der Waals surface area contributed by atoms with Crippen LogP contribution in [0.3, 0.4) is 0 Å². The normalized spacial score (nSPS) is 27.0. The summed E-state index contributed by atoms with van der Waals surface area (Å²) in [6, 6.07) is 0. The largest absolute Gasteiger partial charge is 0.462 e. The summed E-state index contributed by atoms with van der Waals surface area (Å²) < 4.78 is 33.4. The van der Waals surface area contributed by atoms with E-state index in [1.165, 1.54) is 0 Å². The molecule has 11 unspecified atom stereocenters. The topological polar surface area (TPSA) is 231 Å². The van der Waals surface area contributed by atoms with E-state index in [-0.39, 0.29) is 19.4 Å². The van der Waals surface area contributed by atoms with Gasteiger partial charge in [-0.15, -0.1) is 0 Å². The van der Waals surface area contributed by atoms with Crippen LogP contribution in [-0.2, 0) is 38.0 Å². The van der Waals surface area contributed by atoms with E-state index in [0.717, 1.165) is 96.3 Å². The molecule has 2 saturated heterocycles. The van der Waals surface area contributed by atoms with Gasteiger partial charge in [-0.05, 0) is 77.0 Å². The summed E-state index contributed by atoms with van der Waals surface area (Å²) >= 11 is 0. The minimum Gasteiger partial charge on any atom is -0.462 e. The smallest absolute Gasteiger partial charge is 0.306 e. The van der Waals surface area contributed by atoms with Crippen LogP contribution >= 0.6 is 0 Å². The number of hydrogen-bond donors (Lipinski definition) is 7. The summed E-state index contributed by atoms with van der Waals surface area (Å²) in [6.45, 7) is 2.33. The Hall–Kier alpha value is -3.06. The minimum atomic E-state index is -1.77. The molecule has 0 aliphatic carbocycles. The number of carbonyl (C=O) groups is 2. The molecule has 0 radical (unpaired) electrons. The molecule has 11 atom stereocenters. The fraction of sp³-hybridized carbons (Fsp3) is 0.720. The molecule has 2 aliphatic heterocycles. The van der Waals surface area contributed by atoms with Gasteiger partial charge in [0.15, 0.2) is 18.7 Å². The van der Waals surface area contributed by atoms with Gasteiger partial charge < -0.3 is 64.2 Å². The molecular weight excluding hydrogens is 841 g/mol. The van der Waals surface area contributed by atoms with E-state index in [2.05, 4.69) is 86.8 Å². The predicted octanol–water partition coefficient (Wildman–Crippen LogP) is 5.87. The maximum Gasteiger partial charge on any atom is 0.306 e. The molecule has 15 heteroatoms. The van der Waals surface area contributed by atoms with E-state index >= 15 is 0 Å². The molecule has 0 aromatic heterocycles. The monoisotopic (exact) mass is 923 g/mol. The number of hydrogen-bond acceptors (Lipinski definition) is 15. The SMILES string of the molecule is CC/C=C\C/C=C\C/C=C\C/C=C\C/C=C\CCCCCC(=O)OC(COC(=O)CCCCCCC/C=C\CCC)COC1OC(COC2OC(CO)C(O)C(O)C2O)C(O)C(O)C1O. The lowest BCUT2D eigenvalue weighted by atomic mass is 9.98. The van der Waals surface area contributed by atoms with E-state index in [9.17, 15) is 45.3 Å². The number of rotatable bonds is 35. The number of aliphatic hydroxyl groups is 7. The van der Waals surface area contributed by atoms with Gasteiger partial charge in [0.05, 0.1) is 19.8 Å². The molecule has 0 bridgehead atoms. The van der Waals surface area contributed by atoms with Gasteiger partial charge in [-0.3, -0.25) is 9.59 Å². The van der Waals surface area contributed by atoms with Crippen molar-refractivity contribution >= 4 is 11.9 Å². The van der Waals surface area contributed by atoms with Gasteiger partial charge in [-0.25, -0.2) is 0 Å². The number of unbranched alkanes of at least 4 members (excludes halogenated alkanes) is 9. The van der Waals surface area contributed by atoms with Crippen molar-refractivity contribution in [1.82, 2.24) is 0 Å². The Morgan fingerprint density at radius 2 is 0.969 bits per heavy atom. The molecule has 7 N–H and O–H groups in total. The molecule has 2 heterocycles. The molecule has 2 rings (SSSR count). The first kappa shape index (κ1) is 58.1. The highest BCUT2D eigenvalue weighted by atomic mass is 16.7. The van der Waals surface area contributed by atoms with Crippen molar-refractivity contribution < 1.29 is 73.8 Å². The molecule has 2 fully saturated rings. The van der Waals surface area contributed by atoms with Crippen LogP contribution in [0.5, 0.6) is 0 Å². The molecule has 0 aromatic carbocycles. The quantitative estimate of drug-likeness (QED) is 0.0224. The average molecular weight is 923 g/mol. The molecular formula is C50H82O15. The second-order valence-corrected chi connectivity index (χ2v) is 16.5. The van der Waals surface area contributed by atoms with Crippen LogP contribution in [0, 0.1) is 0 Å². The molecule has 0 amide bonds. The fourth-order valence-corrected chi connectivity index (χ4v) is 6.95. The zero-order chi connectivity index (χ0) is 47.5. The molecule has 0 spiro atoms. The maximum atomic E-state index is 13.0. The zero-order valence-corrected chi connectivity index (χ0v) is 38.9. The highest BCUT2D eigenvalue weighted by Crippen LogP contribution is 2.26.